The Bertz CT molecular complexity index is 426. The lowest BCUT2D eigenvalue weighted by atomic mass is 10.2. The van der Waals surface area contributed by atoms with Crippen LogP contribution in [0.1, 0.15) is 26.3 Å². The van der Waals surface area contributed by atoms with Gasteiger partial charge in [0, 0.05) is 6.54 Å². The Labute approximate surface area is 114 Å². The molecule has 1 aromatic carbocycles. The van der Waals surface area contributed by atoms with Gasteiger partial charge in [-0.3, -0.25) is 0 Å². The third kappa shape index (κ3) is 4.95. The van der Waals surface area contributed by atoms with Crippen LogP contribution in [0.4, 0.5) is 0 Å². The summed E-state index contributed by atoms with van der Waals surface area (Å²) in [7, 11) is 0. The topological polar surface area (TPSA) is 45.0 Å². The summed E-state index contributed by atoms with van der Waals surface area (Å²) in [5, 5.41) is 12.6. The highest BCUT2D eigenvalue weighted by molar-refractivity contribution is 6.32. The molecule has 1 N–H and O–H groups in total. The fourth-order valence-electron chi connectivity index (χ4n) is 1.47. The Morgan fingerprint density at radius 1 is 1.39 bits per heavy atom. The van der Waals surface area contributed by atoms with E-state index in [0.717, 1.165) is 18.7 Å². The van der Waals surface area contributed by atoms with Crippen LogP contribution in [0.3, 0.4) is 0 Å². The molecule has 0 aliphatic rings. The second-order valence-corrected chi connectivity index (χ2v) is 5.09. The van der Waals surface area contributed by atoms with E-state index in [2.05, 4.69) is 19.2 Å². The first-order valence-electron chi connectivity index (χ1n) is 6.08. The molecule has 98 valence electrons. The van der Waals surface area contributed by atoms with Crippen LogP contribution in [0, 0.1) is 17.2 Å². The number of benzene rings is 1. The number of hydrogen-bond acceptors (Lipinski definition) is 3. The van der Waals surface area contributed by atoms with Crippen LogP contribution < -0.4 is 10.1 Å². The van der Waals surface area contributed by atoms with Gasteiger partial charge < -0.3 is 10.1 Å². The molecule has 1 atom stereocenters. The molecule has 0 aliphatic carbocycles. The fourth-order valence-corrected chi connectivity index (χ4v) is 1.72. The van der Waals surface area contributed by atoms with E-state index in [1.165, 1.54) is 0 Å². The van der Waals surface area contributed by atoms with E-state index in [-0.39, 0.29) is 0 Å². The van der Waals surface area contributed by atoms with E-state index >= 15 is 0 Å². The summed E-state index contributed by atoms with van der Waals surface area (Å²) in [6.07, 6.45) is -0.493. The summed E-state index contributed by atoms with van der Waals surface area (Å²) >= 11 is 6.11. The van der Waals surface area contributed by atoms with Gasteiger partial charge in [-0.1, -0.05) is 31.5 Å². The summed E-state index contributed by atoms with van der Waals surface area (Å²) < 4.78 is 5.38. The summed E-state index contributed by atoms with van der Waals surface area (Å²) in [4.78, 5) is 0. The van der Waals surface area contributed by atoms with E-state index in [1.807, 2.05) is 24.3 Å². The number of ether oxygens (including phenoxy) is 1. The van der Waals surface area contributed by atoms with Crippen molar-refractivity contribution in [2.24, 2.45) is 5.92 Å². The smallest absolute Gasteiger partial charge is 0.181 e. The Balaban J connectivity index is 2.59. The van der Waals surface area contributed by atoms with Gasteiger partial charge in [-0.25, -0.2) is 0 Å². The Morgan fingerprint density at radius 3 is 2.67 bits per heavy atom. The first-order valence-corrected chi connectivity index (χ1v) is 6.46. The lowest BCUT2D eigenvalue weighted by Crippen LogP contribution is -2.19. The van der Waals surface area contributed by atoms with E-state index < -0.39 is 6.10 Å². The quantitative estimate of drug-likeness (QED) is 0.859. The highest BCUT2D eigenvalue weighted by Crippen LogP contribution is 2.26. The zero-order chi connectivity index (χ0) is 13.5. The average Bonchev–Trinajstić information content (AvgIpc) is 2.32. The zero-order valence-corrected chi connectivity index (χ0v) is 11.8. The zero-order valence-electron chi connectivity index (χ0n) is 11.0. The number of hydrogen-bond donors (Lipinski definition) is 1. The SMILES string of the molecule is CC(C)CNCc1ccc(OC(C)C#N)c(Cl)c1. The molecule has 0 radical (unpaired) electrons. The van der Waals surface area contributed by atoms with Crippen LogP contribution in [0.2, 0.25) is 5.02 Å². The molecule has 0 amide bonds. The predicted octanol–water partition coefficient (Wildman–Crippen LogP) is 3.38. The molecule has 4 heteroatoms. The third-order valence-electron chi connectivity index (χ3n) is 2.36. The van der Waals surface area contributed by atoms with Crippen molar-refractivity contribution in [2.45, 2.75) is 33.4 Å². The summed E-state index contributed by atoms with van der Waals surface area (Å²) in [6.45, 7) is 7.78. The molecule has 0 aliphatic heterocycles. The molecule has 0 aromatic heterocycles. The second kappa shape index (κ2) is 7.25. The van der Waals surface area contributed by atoms with E-state index in [9.17, 15) is 0 Å². The Morgan fingerprint density at radius 2 is 2.11 bits per heavy atom. The summed E-state index contributed by atoms with van der Waals surface area (Å²) in [6, 6.07) is 7.64. The maximum absolute atomic E-state index is 8.68. The minimum Gasteiger partial charge on any atom is -0.474 e. The largest absolute Gasteiger partial charge is 0.474 e. The van der Waals surface area contributed by atoms with Crippen molar-refractivity contribution >= 4 is 11.6 Å². The van der Waals surface area contributed by atoms with Gasteiger partial charge >= 0.3 is 0 Å². The van der Waals surface area contributed by atoms with Crippen molar-refractivity contribution in [3.63, 3.8) is 0 Å². The molecule has 0 fully saturated rings. The minimum atomic E-state index is -0.493. The normalized spacial score (nSPS) is 12.2. The van der Waals surface area contributed by atoms with Gasteiger partial charge in [0.2, 0.25) is 0 Å². The Kier molecular flexibility index (Phi) is 5.97. The number of halogens is 1. The molecule has 1 aromatic rings. The van der Waals surface area contributed by atoms with Gasteiger partial charge in [-0.15, -0.1) is 0 Å². The van der Waals surface area contributed by atoms with Crippen molar-refractivity contribution in [1.29, 1.82) is 5.26 Å². The highest BCUT2D eigenvalue weighted by atomic mass is 35.5. The molecular formula is C14H19ClN2O. The minimum absolute atomic E-state index is 0.493. The number of nitrogens with zero attached hydrogens (tertiary/aromatic N) is 1. The van der Waals surface area contributed by atoms with Crippen LogP contribution in [-0.2, 0) is 6.54 Å². The second-order valence-electron chi connectivity index (χ2n) is 4.68. The molecule has 0 spiro atoms. The molecule has 0 bridgehead atoms. The third-order valence-corrected chi connectivity index (χ3v) is 2.66. The Hall–Kier alpha value is -1.24. The molecule has 18 heavy (non-hydrogen) atoms. The number of nitrogens with one attached hydrogen (secondary N) is 1. The van der Waals surface area contributed by atoms with Crippen LogP contribution in [-0.4, -0.2) is 12.6 Å². The predicted molar refractivity (Wildman–Crippen MR) is 73.7 cm³/mol. The lowest BCUT2D eigenvalue weighted by Gasteiger charge is -2.11. The lowest BCUT2D eigenvalue weighted by molar-refractivity contribution is 0.276. The van der Waals surface area contributed by atoms with Gasteiger partial charge in [0.15, 0.2) is 6.10 Å². The van der Waals surface area contributed by atoms with Crippen molar-refractivity contribution in [3.05, 3.63) is 28.8 Å². The van der Waals surface area contributed by atoms with Crippen LogP contribution in [0.15, 0.2) is 18.2 Å². The van der Waals surface area contributed by atoms with Crippen LogP contribution in [0.5, 0.6) is 5.75 Å². The van der Waals surface area contributed by atoms with Gasteiger partial charge in [-0.05, 0) is 37.1 Å². The van der Waals surface area contributed by atoms with Crippen LogP contribution >= 0.6 is 11.6 Å². The highest BCUT2D eigenvalue weighted by Gasteiger charge is 2.07. The average molecular weight is 267 g/mol. The summed E-state index contributed by atoms with van der Waals surface area (Å²) in [5.74, 6) is 1.18. The molecule has 0 saturated heterocycles. The molecule has 0 saturated carbocycles. The maximum atomic E-state index is 8.68. The number of nitriles is 1. The maximum Gasteiger partial charge on any atom is 0.181 e. The first kappa shape index (κ1) is 14.8. The van der Waals surface area contributed by atoms with Gasteiger partial charge in [0.25, 0.3) is 0 Å². The van der Waals surface area contributed by atoms with Gasteiger partial charge in [-0.2, -0.15) is 5.26 Å². The summed E-state index contributed by atoms with van der Waals surface area (Å²) in [5.41, 5.74) is 1.11. The van der Waals surface area contributed by atoms with Crippen molar-refractivity contribution in [1.82, 2.24) is 5.32 Å². The van der Waals surface area contributed by atoms with E-state index in [0.29, 0.717) is 16.7 Å². The van der Waals surface area contributed by atoms with Crippen LogP contribution in [0.25, 0.3) is 0 Å². The van der Waals surface area contributed by atoms with Gasteiger partial charge in [0.05, 0.1) is 5.02 Å². The first-order chi connectivity index (χ1) is 8.52. The fraction of sp³-hybridized carbons (Fsp3) is 0.500. The molecule has 1 unspecified atom stereocenters. The van der Waals surface area contributed by atoms with Crippen molar-refractivity contribution < 1.29 is 4.74 Å². The molecular weight excluding hydrogens is 248 g/mol. The molecule has 3 nitrogen and oxygen atoms in total. The van der Waals surface area contributed by atoms with E-state index in [4.69, 9.17) is 21.6 Å². The van der Waals surface area contributed by atoms with E-state index in [1.54, 1.807) is 6.92 Å². The van der Waals surface area contributed by atoms with Gasteiger partial charge in [0.1, 0.15) is 11.8 Å². The monoisotopic (exact) mass is 266 g/mol. The van der Waals surface area contributed by atoms with Crippen molar-refractivity contribution in [2.75, 3.05) is 6.54 Å². The number of rotatable bonds is 6. The molecule has 1 rings (SSSR count). The molecule has 0 heterocycles. The standard InChI is InChI=1S/C14H19ClN2O/c1-10(2)8-17-9-12-4-5-14(13(15)6-12)18-11(3)7-16/h4-6,10-11,17H,8-9H2,1-3H3. The van der Waals surface area contributed by atoms with Crippen molar-refractivity contribution in [3.8, 4) is 11.8 Å².